The molecule has 1 aromatic rings. The van der Waals surface area contributed by atoms with Crippen LogP contribution in [0.2, 0.25) is 0 Å². The molecule has 0 saturated carbocycles. The van der Waals surface area contributed by atoms with Gasteiger partial charge >= 0.3 is 0 Å². The van der Waals surface area contributed by atoms with Crippen LogP contribution in [-0.2, 0) is 12.8 Å². The third kappa shape index (κ3) is 1.24. The summed E-state index contributed by atoms with van der Waals surface area (Å²) in [6, 6.07) is 5.42. The van der Waals surface area contributed by atoms with Crippen LogP contribution in [0.5, 0.6) is 0 Å². The van der Waals surface area contributed by atoms with Crippen molar-refractivity contribution in [2.45, 2.75) is 26.2 Å². The van der Waals surface area contributed by atoms with Crippen molar-refractivity contribution < 1.29 is 4.39 Å². The minimum atomic E-state index is -0.0148. The largest absolute Gasteiger partial charge is 0.207 e. The molecule has 0 nitrogen and oxygen atoms in total. The quantitative estimate of drug-likeness (QED) is 0.553. The highest BCUT2D eigenvalue weighted by Crippen LogP contribution is 2.26. The lowest BCUT2D eigenvalue weighted by Gasteiger charge is -2.21. The average Bonchev–Trinajstić information content (AvgIpc) is 2.07. The molecule has 0 fully saturated rings. The van der Waals surface area contributed by atoms with Crippen LogP contribution in [0.4, 0.5) is 4.39 Å². The lowest BCUT2D eigenvalue weighted by atomic mass is 9.85. The van der Waals surface area contributed by atoms with E-state index in [9.17, 15) is 4.39 Å². The Kier molecular flexibility index (Phi) is 1.87. The third-order valence-electron chi connectivity index (χ3n) is 2.67. The number of hydrogen-bond donors (Lipinski definition) is 0. The van der Waals surface area contributed by atoms with Gasteiger partial charge in [-0.1, -0.05) is 19.1 Å². The smallest absolute Gasteiger partial charge is 0.126 e. The maximum Gasteiger partial charge on any atom is 0.126 e. The number of benzene rings is 1. The zero-order chi connectivity index (χ0) is 8.55. The van der Waals surface area contributed by atoms with Gasteiger partial charge < -0.3 is 0 Å². The van der Waals surface area contributed by atoms with Gasteiger partial charge in [0, 0.05) is 0 Å². The molecular weight excluding hydrogens is 151 g/mol. The van der Waals surface area contributed by atoms with Gasteiger partial charge in [-0.15, -0.1) is 0 Å². The Bertz CT molecular complexity index is 291. The van der Waals surface area contributed by atoms with Crippen LogP contribution >= 0.6 is 0 Å². The van der Waals surface area contributed by atoms with Crippen LogP contribution in [0, 0.1) is 11.7 Å². The lowest BCUT2D eigenvalue weighted by Crippen LogP contribution is -2.12. The van der Waals surface area contributed by atoms with E-state index in [0.717, 1.165) is 18.4 Å². The Morgan fingerprint density at radius 2 is 2.25 bits per heavy atom. The van der Waals surface area contributed by atoms with Crippen LogP contribution in [-0.4, -0.2) is 0 Å². The third-order valence-corrected chi connectivity index (χ3v) is 2.67. The first kappa shape index (κ1) is 7.78. The van der Waals surface area contributed by atoms with Gasteiger partial charge in [0.1, 0.15) is 5.82 Å². The highest BCUT2D eigenvalue weighted by molar-refractivity contribution is 5.30. The number of rotatable bonds is 0. The second-order valence-corrected chi connectivity index (χ2v) is 3.73. The van der Waals surface area contributed by atoms with E-state index in [2.05, 4.69) is 6.92 Å². The molecule has 0 N–H and O–H groups in total. The van der Waals surface area contributed by atoms with Gasteiger partial charge in [-0.05, 0) is 42.4 Å². The highest BCUT2D eigenvalue weighted by Gasteiger charge is 2.17. The van der Waals surface area contributed by atoms with E-state index in [0.29, 0.717) is 5.92 Å². The van der Waals surface area contributed by atoms with Crippen LogP contribution < -0.4 is 0 Å². The van der Waals surface area contributed by atoms with Gasteiger partial charge in [0.25, 0.3) is 0 Å². The molecule has 0 aromatic heterocycles. The van der Waals surface area contributed by atoms with E-state index in [-0.39, 0.29) is 5.82 Å². The molecule has 0 heterocycles. The normalized spacial score (nSPS) is 22.0. The summed E-state index contributed by atoms with van der Waals surface area (Å²) >= 11 is 0. The minimum Gasteiger partial charge on any atom is -0.207 e. The zero-order valence-electron chi connectivity index (χ0n) is 7.31. The van der Waals surface area contributed by atoms with Crippen molar-refractivity contribution in [2.75, 3.05) is 0 Å². The fourth-order valence-corrected chi connectivity index (χ4v) is 1.92. The Balaban J connectivity index is 2.43. The van der Waals surface area contributed by atoms with Crippen molar-refractivity contribution in [3.8, 4) is 0 Å². The summed E-state index contributed by atoms with van der Waals surface area (Å²) in [7, 11) is 0. The van der Waals surface area contributed by atoms with E-state index in [1.54, 1.807) is 6.07 Å². The molecular formula is C11H13F. The van der Waals surface area contributed by atoms with Gasteiger partial charge in [0.2, 0.25) is 0 Å². The van der Waals surface area contributed by atoms with Crippen molar-refractivity contribution in [3.05, 3.63) is 35.1 Å². The van der Waals surface area contributed by atoms with Crippen LogP contribution in [0.15, 0.2) is 18.2 Å². The molecule has 0 aliphatic heterocycles. The predicted octanol–water partition coefficient (Wildman–Crippen LogP) is 2.95. The van der Waals surface area contributed by atoms with E-state index >= 15 is 0 Å². The number of fused-ring (bicyclic) bond motifs is 1. The topological polar surface area (TPSA) is 0 Å². The molecule has 2 rings (SSSR count). The molecule has 12 heavy (non-hydrogen) atoms. The van der Waals surface area contributed by atoms with E-state index in [1.165, 1.54) is 12.0 Å². The van der Waals surface area contributed by atoms with Crippen molar-refractivity contribution in [1.29, 1.82) is 0 Å². The molecule has 0 saturated heterocycles. The SMILES string of the molecule is CC1CCc2cccc(F)c2C1. The first-order valence-electron chi connectivity index (χ1n) is 4.53. The number of aryl methyl sites for hydroxylation is 1. The molecule has 0 bridgehead atoms. The monoisotopic (exact) mass is 164 g/mol. The van der Waals surface area contributed by atoms with Crippen molar-refractivity contribution in [3.63, 3.8) is 0 Å². The van der Waals surface area contributed by atoms with Crippen molar-refractivity contribution in [1.82, 2.24) is 0 Å². The summed E-state index contributed by atoms with van der Waals surface area (Å²) in [5.74, 6) is 0.633. The van der Waals surface area contributed by atoms with E-state index < -0.39 is 0 Å². The van der Waals surface area contributed by atoms with Gasteiger partial charge in [0.15, 0.2) is 0 Å². The van der Waals surface area contributed by atoms with Gasteiger partial charge in [-0.3, -0.25) is 0 Å². The summed E-state index contributed by atoms with van der Waals surface area (Å²) in [6.07, 6.45) is 3.17. The molecule has 64 valence electrons. The first-order chi connectivity index (χ1) is 5.77. The second-order valence-electron chi connectivity index (χ2n) is 3.73. The summed E-state index contributed by atoms with van der Waals surface area (Å²) in [6.45, 7) is 2.19. The van der Waals surface area contributed by atoms with Gasteiger partial charge in [0.05, 0.1) is 0 Å². The Labute approximate surface area is 72.4 Å². The van der Waals surface area contributed by atoms with E-state index in [4.69, 9.17) is 0 Å². The molecule has 1 aliphatic rings. The maximum atomic E-state index is 13.2. The fraction of sp³-hybridized carbons (Fsp3) is 0.455. The molecule has 0 spiro atoms. The number of halogens is 1. The molecule has 0 amide bonds. The lowest BCUT2D eigenvalue weighted by molar-refractivity contribution is 0.478. The zero-order valence-corrected chi connectivity index (χ0v) is 7.31. The Hall–Kier alpha value is -0.850. The molecule has 1 atom stereocenters. The van der Waals surface area contributed by atoms with Crippen LogP contribution in [0.25, 0.3) is 0 Å². The number of hydrogen-bond acceptors (Lipinski definition) is 0. The molecule has 1 unspecified atom stereocenters. The van der Waals surface area contributed by atoms with Gasteiger partial charge in [-0.25, -0.2) is 4.39 Å². The predicted molar refractivity (Wildman–Crippen MR) is 47.6 cm³/mol. The summed E-state index contributed by atoms with van der Waals surface area (Å²) in [5, 5.41) is 0. The van der Waals surface area contributed by atoms with E-state index in [1.807, 2.05) is 12.1 Å². The Morgan fingerprint density at radius 3 is 3.08 bits per heavy atom. The first-order valence-corrected chi connectivity index (χ1v) is 4.53. The molecule has 1 aromatic carbocycles. The Morgan fingerprint density at radius 1 is 1.42 bits per heavy atom. The minimum absolute atomic E-state index is 0.0148. The van der Waals surface area contributed by atoms with Crippen LogP contribution in [0.1, 0.15) is 24.5 Å². The van der Waals surface area contributed by atoms with Crippen molar-refractivity contribution in [2.24, 2.45) is 5.92 Å². The van der Waals surface area contributed by atoms with Gasteiger partial charge in [-0.2, -0.15) is 0 Å². The average molecular weight is 164 g/mol. The molecule has 1 heteroatoms. The van der Waals surface area contributed by atoms with Crippen LogP contribution in [0.3, 0.4) is 0 Å². The maximum absolute atomic E-state index is 13.2. The summed E-state index contributed by atoms with van der Waals surface area (Å²) < 4.78 is 13.2. The summed E-state index contributed by atoms with van der Waals surface area (Å²) in [5.41, 5.74) is 2.17. The second kappa shape index (κ2) is 2.89. The fourth-order valence-electron chi connectivity index (χ4n) is 1.92. The summed E-state index contributed by atoms with van der Waals surface area (Å²) in [4.78, 5) is 0. The highest BCUT2D eigenvalue weighted by atomic mass is 19.1. The molecule has 1 aliphatic carbocycles. The van der Waals surface area contributed by atoms with Crippen molar-refractivity contribution >= 4 is 0 Å². The standard InChI is InChI=1S/C11H13F/c1-8-5-6-9-3-2-4-11(12)10(9)7-8/h2-4,8H,5-7H2,1H3. The molecule has 0 radical (unpaired) electrons.